The highest BCUT2D eigenvalue weighted by atomic mass is 32.2. The first kappa shape index (κ1) is 18.1. The van der Waals surface area contributed by atoms with Crippen LogP contribution in [0.2, 0.25) is 0 Å². The Morgan fingerprint density at radius 3 is 2.76 bits per heavy atom. The highest BCUT2D eigenvalue weighted by molar-refractivity contribution is 7.88. The molecule has 0 aliphatic carbocycles. The number of hydrogen-bond donors (Lipinski definition) is 1. The smallest absolute Gasteiger partial charge is 0.216 e. The van der Waals surface area contributed by atoms with Crippen LogP contribution in [0.3, 0.4) is 0 Å². The Hall–Kier alpha value is -1.70. The van der Waals surface area contributed by atoms with E-state index in [1.807, 2.05) is 41.1 Å². The van der Waals surface area contributed by atoms with Gasteiger partial charge in [-0.3, -0.25) is 9.58 Å². The first-order chi connectivity index (χ1) is 12.1. The molecular weight excluding hydrogens is 336 g/mol. The van der Waals surface area contributed by atoms with Gasteiger partial charge in [0, 0.05) is 19.6 Å². The van der Waals surface area contributed by atoms with Gasteiger partial charge in [-0.05, 0) is 31.0 Å². The van der Waals surface area contributed by atoms with E-state index in [1.54, 1.807) is 0 Å². The summed E-state index contributed by atoms with van der Waals surface area (Å²) in [5, 5.41) is 4.58. The molecule has 1 aliphatic rings. The molecule has 0 atom stereocenters. The van der Waals surface area contributed by atoms with E-state index in [1.165, 1.54) is 5.69 Å². The minimum atomic E-state index is -3.37. The van der Waals surface area contributed by atoms with E-state index in [4.69, 9.17) is 0 Å². The molecule has 6 nitrogen and oxygen atoms in total. The highest BCUT2D eigenvalue weighted by Crippen LogP contribution is 2.14. The van der Waals surface area contributed by atoms with Crippen LogP contribution in [0.25, 0.3) is 0 Å². The molecular formula is C18H26N4O2S. The average molecular weight is 362 g/mol. The second-order valence-corrected chi connectivity index (χ2v) is 8.35. The zero-order valence-corrected chi connectivity index (χ0v) is 15.5. The molecule has 0 saturated carbocycles. The van der Waals surface area contributed by atoms with Gasteiger partial charge in [-0.2, -0.15) is 5.10 Å². The topological polar surface area (TPSA) is 67.2 Å². The molecule has 0 unspecified atom stereocenters. The minimum absolute atomic E-state index is 0.00825. The standard InChI is InChI=1S/C18H26N4O2S/c1-2-9-21-10-6-11-22-18(14-21)12-17(20-22)13-19-25(23,24)15-16-7-4-3-5-8-16/h3-5,7-8,12,19H,2,6,9-11,13-15H2,1H3. The maximum absolute atomic E-state index is 12.3. The van der Waals surface area contributed by atoms with Crippen LogP contribution in [0.4, 0.5) is 0 Å². The molecule has 0 fully saturated rings. The molecule has 0 radical (unpaired) electrons. The van der Waals surface area contributed by atoms with Crippen LogP contribution >= 0.6 is 0 Å². The molecule has 3 rings (SSSR count). The van der Waals surface area contributed by atoms with Crippen molar-refractivity contribution in [3.05, 3.63) is 53.3 Å². The summed E-state index contributed by atoms with van der Waals surface area (Å²) >= 11 is 0. The van der Waals surface area contributed by atoms with Gasteiger partial charge in [-0.25, -0.2) is 13.1 Å². The SMILES string of the molecule is CCCN1CCCn2nc(CNS(=O)(=O)Cc3ccccc3)cc2C1. The fraction of sp³-hybridized carbons (Fsp3) is 0.500. The quantitative estimate of drug-likeness (QED) is 0.819. The molecule has 0 saturated heterocycles. The summed E-state index contributed by atoms with van der Waals surface area (Å²) in [5.74, 6) is -0.00825. The monoisotopic (exact) mass is 362 g/mol. The number of aromatic nitrogens is 2. The Kier molecular flexibility index (Phi) is 5.88. The second-order valence-electron chi connectivity index (χ2n) is 6.55. The lowest BCUT2D eigenvalue weighted by atomic mass is 10.2. The molecule has 0 bridgehead atoms. The van der Waals surface area contributed by atoms with Gasteiger partial charge in [0.2, 0.25) is 10.0 Å². The lowest BCUT2D eigenvalue weighted by Crippen LogP contribution is -2.25. The van der Waals surface area contributed by atoms with Gasteiger partial charge in [0.05, 0.1) is 23.7 Å². The summed E-state index contributed by atoms with van der Waals surface area (Å²) in [4.78, 5) is 2.43. The fourth-order valence-corrected chi connectivity index (χ4v) is 4.31. The van der Waals surface area contributed by atoms with Crippen molar-refractivity contribution in [2.45, 2.75) is 45.2 Å². The van der Waals surface area contributed by atoms with E-state index in [2.05, 4.69) is 21.6 Å². The minimum Gasteiger partial charge on any atom is -0.297 e. The van der Waals surface area contributed by atoms with Gasteiger partial charge in [0.1, 0.15) is 0 Å². The maximum Gasteiger partial charge on any atom is 0.216 e. The second kappa shape index (κ2) is 8.12. The van der Waals surface area contributed by atoms with Crippen LogP contribution in [-0.4, -0.2) is 36.2 Å². The number of benzene rings is 1. The first-order valence-electron chi connectivity index (χ1n) is 8.85. The molecule has 2 heterocycles. The van der Waals surface area contributed by atoms with Crippen molar-refractivity contribution in [2.75, 3.05) is 13.1 Å². The highest BCUT2D eigenvalue weighted by Gasteiger charge is 2.17. The van der Waals surface area contributed by atoms with Gasteiger partial charge < -0.3 is 0 Å². The molecule has 2 aromatic rings. The number of fused-ring (bicyclic) bond motifs is 1. The Labute approximate surface area is 149 Å². The summed E-state index contributed by atoms with van der Waals surface area (Å²) in [7, 11) is -3.37. The number of aryl methyl sites for hydroxylation is 1. The molecule has 1 aliphatic heterocycles. The van der Waals surface area contributed by atoms with E-state index in [0.717, 1.165) is 50.3 Å². The van der Waals surface area contributed by atoms with Crippen molar-refractivity contribution in [3.63, 3.8) is 0 Å². The van der Waals surface area contributed by atoms with Crippen LogP contribution in [0.5, 0.6) is 0 Å². The zero-order valence-electron chi connectivity index (χ0n) is 14.7. The molecule has 0 spiro atoms. The normalized spacial score (nSPS) is 15.7. The predicted octanol–water partition coefficient (Wildman–Crippen LogP) is 2.12. The molecule has 136 valence electrons. The molecule has 0 amide bonds. The predicted molar refractivity (Wildman–Crippen MR) is 98.3 cm³/mol. The number of hydrogen-bond acceptors (Lipinski definition) is 4. The molecule has 7 heteroatoms. The van der Waals surface area contributed by atoms with E-state index in [0.29, 0.717) is 0 Å². The summed E-state index contributed by atoms with van der Waals surface area (Å²) in [6, 6.07) is 11.2. The molecule has 25 heavy (non-hydrogen) atoms. The zero-order chi connectivity index (χ0) is 17.7. The van der Waals surface area contributed by atoms with Gasteiger partial charge in [-0.1, -0.05) is 37.3 Å². The number of nitrogens with one attached hydrogen (secondary N) is 1. The Morgan fingerprint density at radius 1 is 1.20 bits per heavy atom. The van der Waals surface area contributed by atoms with E-state index >= 15 is 0 Å². The van der Waals surface area contributed by atoms with Crippen molar-refractivity contribution in [2.24, 2.45) is 0 Å². The maximum atomic E-state index is 12.3. The van der Waals surface area contributed by atoms with Gasteiger partial charge in [0.15, 0.2) is 0 Å². The van der Waals surface area contributed by atoms with Crippen molar-refractivity contribution in [3.8, 4) is 0 Å². The summed E-state index contributed by atoms with van der Waals surface area (Å²) in [6.45, 7) is 6.39. The third kappa shape index (κ3) is 5.14. The van der Waals surface area contributed by atoms with Crippen LogP contribution in [0.1, 0.15) is 36.7 Å². The molecule has 1 aromatic carbocycles. The van der Waals surface area contributed by atoms with E-state index in [9.17, 15) is 8.42 Å². The fourth-order valence-electron chi connectivity index (χ4n) is 3.21. The Balaban J connectivity index is 1.61. The Morgan fingerprint density at radius 2 is 2.00 bits per heavy atom. The van der Waals surface area contributed by atoms with Crippen molar-refractivity contribution >= 4 is 10.0 Å². The van der Waals surface area contributed by atoms with E-state index < -0.39 is 10.0 Å². The largest absolute Gasteiger partial charge is 0.297 e. The summed E-state index contributed by atoms with van der Waals surface area (Å²) in [6.07, 6.45) is 2.22. The first-order valence-corrected chi connectivity index (χ1v) is 10.5. The lowest BCUT2D eigenvalue weighted by Gasteiger charge is -2.17. The van der Waals surface area contributed by atoms with E-state index in [-0.39, 0.29) is 12.3 Å². The number of rotatable bonds is 7. The van der Waals surface area contributed by atoms with Gasteiger partial charge >= 0.3 is 0 Å². The van der Waals surface area contributed by atoms with Crippen molar-refractivity contribution in [1.82, 2.24) is 19.4 Å². The third-order valence-electron chi connectivity index (χ3n) is 4.36. The Bertz CT molecular complexity index is 787. The number of nitrogens with zero attached hydrogens (tertiary/aromatic N) is 3. The van der Waals surface area contributed by atoms with Crippen LogP contribution in [0.15, 0.2) is 36.4 Å². The molecule has 1 N–H and O–H groups in total. The van der Waals surface area contributed by atoms with Crippen molar-refractivity contribution in [1.29, 1.82) is 0 Å². The average Bonchev–Trinajstić information content (AvgIpc) is 2.86. The van der Waals surface area contributed by atoms with Crippen LogP contribution < -0.4 is 4.72 Å². The third-order valence-corrected chi connectivity index (χ3v) is 5.65. The summed E-state index contributed by atoms with van der Waals surface area (Å²) < 4.78 is 29.2. The summed E-state index contributed by atoms with van der Waals surface area (Å²) in [5.41, 5.74) is 2.74. The van der Waals surface area contributed by atoms with Crippen LogP contribution in [0, 0.1) is 0 Å². The number of sulfonamides is 1. The van der Waals surface area contributed by atoms with Crippen LogP contribution in [-0.2, 0) is 35.4 Å². The van der Waals surface area contributed by atoms with Gasteiger partial charge in [0.25, 0.3) is 0 Å². The molecule has 1 aromatic heterocycles. The van der Waals surface area contributed by atoms with Crippen molar-refractivity contribution < 1.29 is 8.42 Å². The lowest BCUT2D eigenvalue weighted by molar-refractivity contribution is 0.270. The van der Waals surface area contributed by atoms with Gasteiger partial charge in [-0.15, -0.1) is 0 Å².